The van der Waals surface area contributed by atoms with Gasteiger partial charge in [0.25, 0.3) is 0 Å². The Labute approximate surface area is 74.8 Å². The van der Waals surface area contributed by atoms with Gasteiger partial charge >= 0.3 is 0 Å². The summed E-state index contributed by atoms with van der Waals surface area (Å²) in [7, 11) is 1.76. The van der Waals surface area contributed by atoms with E-state index in [2.05, 4.69) is 5.10 Å². The minimum Gasteiger partial charge on any atom is -0.463 e. The Morgan fingerprint density at radius 1 is 1.62 bits per heavy atom. The van der Waals surface area contributed by atoms with Gasteiger partial charge in [0.1, 0.15) is 12.4 Å². The largest absolute Gasteiger partial charge is 0.463 e. The summed E-state index contributed by atoms with van der Waals surface area (Å²) >= 11 is 0. The van der Waals surface area contributed by atoms with Crippen LogP contribution in [0.3, 0.4) is 0 Å². The first kappa shape index (κ1) is 8.04. The van der Waals surface area contributed by atoms with E-state index in [0.29, 0.717) is 11.5 Å². The zero-order chi connectivity index (χ0) is 9.26. The summed E-state index contributed by atoms with van der Waals surface area (Å²) in [6.07, 6.45) is 1.58. The Morgan fingerprint density at radius 2 is 2.46 bits per heavy atom. The number of rotatable bonds is 2. The zero-order valence-corrected chi connectivity index (χ0v) is 7.20. The van der Waals surface area contributed by atoms with Crippen molar-refractivity contribution < 1.29 is 8.81 Å². The molecule has 2 rings (SSSR count). The summed E-state index contributed by atoms with van der Waals surface area (Å²) in [6, 6.07) is 5.29. The van der Waals surface area contributed by atoms with Gasteiger partial charge in [-0.15, -0.1) is 0 Å². The predicted molar refractivity (Wildman–Crippen MR) is 45.7 cm³/mol. The van der Waals surface area contributed by atoms with E-state index in [1.807, 2.05) is 6.07 Å². The van der Waals surface area contributed by atoms with Crippen molar-refractivity contribution in [3.63, 3.8) is 0 Å². The Morgan fingerprint density at radius 3 is 3.00 bits per heavy atom. The van der Waals surface area contributed by atoms with Crippen molar-refractivity contribution in [2.24, 2.45) is 7.05 Å². The second-order valence-corrected chi connectivity index (χ2v) is 2.76. The molecule has 13 heavy (non-hydrogen) atoms. The van der Waals surface area contributed by atoms with Crippen LogP contribution in [0.2, 0.25) is 0 Å². The van der Waals surface area contributed by atoms with Crippen LogP contribution in [0.4, 0.5) is 4.39 Å². The summed E-state index contributed by atoms with van der Waals surface area (Å²) in [5.41, 5.74) is 1.21. The molecule has 2 aromatic rings. The average Bonchev–Trinajstić information content (AvgIpc) is 2.72. The molecule has 0 amide bonds. The summed E-state index contributed by atoms with van der Waals surface area (Å²) < 4.78 is 19.0. The highest BCUT2D eigenvalue weighted by atomic mass is 19.1. The predicted octanol–water partition coefficient (Wildman–Crippen LogP) is 2.15. The van der Waals surface area contributed by atoms with Crippen LogP contribution < -0.4 is 0 Å². The van der Waals surface area contributed by atoms with E-state index in [9.17, 15) is 4.39 Å². The maximum absolute atomic E-state index is 12.3. The van der Waals surface area contributed by atoms with Crippen molar-refractivity contribution in [3.05, 3.63) is 30.2 Å². The molecular weight excluding hydrogens is 171 g/mol. The van der Waals surface area contributed by atoms with Crippen molar-refractivity contribution >= 4 is 0 Å². The maximum Gasteiger partial charge on any atom is 0.151 e. The first-order valence-electron chi connectivity index (χ1n) is 3.94. The Bertz CT molecular complexity index is 392. The van der Waals surface area contributed by atoms with Crippen molar-refractivity contribution in [2.45, 2.75) is 6.67 Å². The lowest BCUT2D eigenvalue weighted by molar-refractivity contribution is 0.471. The molecule has 0 unspecified atom stereocenters. The molecule has 3 nitrogen and oxygen atoms in total. The van der Waals surface area contributed by atoms with Crippen molar-refractivity contribution in [1.29, 1.82) is 0 Å². The number of hydrogen-bond acceptors (Lipinski definition) is 2. The number of alkyl halides is 1. The Kier molecular flexibility index (Phi) is 1.88. The molecule has 0 aliphatic rings. The number of halogens is 1. The molecular formula is C9H9FN2O. The first-order chi connectivity index (χ1) is 6.31. The second-order valence-electron chi connectivity index (χ2n) is 2.76. The van der Waals surface area contributed by atoms with Gasteiger partial charge < -0.3 is 4.42 Å². The quantitative estimate of drug-likeness (QED) is 0.709. The highest BCUT2D eigenvalue weighted by Gasteiger charge is 2.08. The number of aryl methyl sites for hydroxylation is 1. The molecule has 0 saturated heterocycles. The van der Waals surface area contributed by atoms with Crippen molar-refractivity contribution in [2.75, 3.05) is 0 Å². The molecule has 0 saturated carbocycles. The minimum atomic E-state index is -0.547. The second kappa shape index (κ2) is 3.05. The molecule has 0 radical (unpaired) electrons. The normalized spacial score (nSPS) is 10.6. The van der Waals surface area contributed by atoms with Crippen LogP contribution in [0, 0.1) is 0 Å². The molecule has 0 atom stereocenters. The lowest BCUT2D eigenvalue weighted by atomic mass is 10.3. The molecule has 0 fully saturated rings. The third-order valence-corrected chi connectivity index (χ3v) is 1.84. The van der Waals surface area contributed by atoms with E-state index < -0.39 is 6.67 Å². The minimum absolute atomic E-state index is 0.425. The lowest BCUT2D eigenvalue weighted by Crippen LogP contribution is -1.93. The highest BCUT2D eigenvalue weighted by Crippen LogP contribution is 2.20. The standard InChI is InChI=1S/C9H9FN2O/c1-12-8(5-7(6-10)11-12)9-3-2-4-13-9/h2-5H,6H2,1H3. The van der Waals surface area contributed by atoms with E-state index in [-0.39, 0.29) is 0 Å². The highest BCUT2D eigenvalue weighted by molar-refractivity contribution is 5.52. The molecule has 2 aromatic heterocycles. The number of nitrogens with zero attached hydrogens (tertiary/aromatic N) is 2. The fourth-order valence-electron chi connectivity index (χ4n) is 1.25. The van der Waals surface area contributed by atoms with Gasteiger partial charge in [-0.2, -0.15) is 5.10 Å². The fraction of sp³-hybridized carbons (Fsp3) is 0.222. The van der Waals surface area contributed by atoms with E-state index in [0.717, 1.165) is 5.69 Å². The van der Waals surface area contributed by atoms with Crippen LogP contribution in [-0.2, 0) is 13.7 Å². The van der Waals surface area contributed by atoms with Gasteiger partial charge in [-0.25, -0.2) is 4.39 Å². The summed E-state index contributed by atoms with van der Waals surface area (Å²) in [6.45, 7) is -0.547. The van der Waals surface area contributed by atoms with Crippen LogP contribution in [0.15, 0.2) is 28.9 Å². The van der Waals surface area contributed by atoms with Crippen LogP contribution in [0.5, 0.6) is 0 Å². The number of hydrogen-bond donors (Lipinski definition) is 0. The molecule has 4 heteroatoms. The monoisotopic (exact) mass is 180 g/mol. The topological polar surface area (TPSA) is 31.0 Å². The third-order valence-electron chi connectivity index (χ3n) is 1.84. The molecule has 0 aliphatic carbocycles. The summed E-state index contributed by atoms with van der Waals surface area (Å²) in [5.74, 6) is 0.703. The van der Waals surface area contributed by atoms with Crippen LogP contribution >= 0.6 is 0 Å². The lowest BCUT2D eigenvalue weighted by Gasteiger charge is -1.94. The number of aromatic nitrogens is 2. The van der Waals surface area contributed by atoms with E-state index >= 15 is 0 Å². The number of furan rings is 1. The van der Waals surface area contributed by atoms with Gasteiger partial charge in [-0.1, -0.05) is 0 Å². The van der Waals surface area contributed by atoms with Crippen molar-refractivity contribution in [1.82, 2.24) is 9.78 Å². The van der Waals surface area contributed by atoms with Gasteiger partial charge in [0.15, 0.2) is 5.76 Å². The molecule has 0 bridgehead atoms. The Hall–Kier alpha value is -1.58. The first-order valence-corrected chi connectivity index (χ1v) is 3.94. The third kappa shape index (κ3) is 1.35. The Balaban J connectivity index is 2.46. The van der Waals surface area contributed by atoms with Gasteiger partial charge in [0, 0.05) is 7.05 Å². The maximum atomic E-state index is 12.3. The van der Waals surface area contributed by atoms with Gasteiger partial charge in [-0.3, -0.25) is 4.68 Å². The van der Waals surface area contributed by atoms with Crippen LogP contribution in [0.1, 0.15) is 5.69 Å². The fourth-order valence-corrected chi connectivity index (χ4v) is 1.25. The molecule has 0 aromatic carbocycles. The van der Waals surface area contributed by atoms with Crippen LogP contribution in [0.25, 0.3) is 11.5 Å². The van der Waals surface area contributed by atoms with Gasteiger partial charge in [-0.05, 0) is 18.2 Å². The van der Waals surface area contributed by atoms with Gasteiger partial charge in [0.2, 0.25) is 0 Å². The zero-order valence-electron chi connectivity index (χ0n) is 7.20. The van der Waals surface area contributed by atoms with E-state index in [4.69, 9.17) is 4.42 Å². The van der Waals surface area contributed by atoms with E-state index in [1.54, 1.807) is 30.1 Å². The molecule has 0 N–H and O–H groups in total. The molecule has 0 spiro atoms. The smallest absolute Gasteiger partial charge is 0.151 e. The van der Waals surface area contributed by atoms with Gasteiger partial charge in [0.05, 0.1) is 12.0 Å². The van der Waals surface area contributed by atoms with Crippen molar-refractivity contribution in [3.8, 4) is 11.5 Å². The summed E-state index contributed by atoms with van der Waals surface area (Å²) in [5, 5.41) is 3.97. The SMILES string of the molecule is Cn1nc(CF)cc1-c1ccco1. The summed E-state index contributed by atoms with van der Waals surface area (Å²) in [4.78, 5) is 0. The van der Waals surface area contributed by atoms with E-state index in [1.165, 1.54) is 0 Å². The average molecular weight is 180 g/mol. The molecule has 68 valence electrons. The molecule has 0 aliphatic heterocycles. The molecule has 2 heterocycles. The van der Waals surface area contributed by atoms with Crippen LogP contribution in [-0.4, -0.2) is 9.78 Å².